The van der Waals surface area contributed by atoms with Gasteiger partial charge in [0.15, 0.2) is 5.79 Å². The molecule has 0 aromatic rings. The molecule has 0 aliphatic heterocycles. The Morgan fingerprint density at radius 1 is 0.604 bits per heavy atom. The number of rotatable bonds is 31. The molecule has 1 N–H and O–H groups in total. The van der Waals surface area contributed by atoms with Gasteiger partial charge in [0.25, 0.3) is 0 Å². The third-order valence-corrected chi connectivity index (χ3v) is 11.9. The molecule has 3 aliphatic carbocycles. The summed E-state index contributed by atoms with van der Waals surface area (Å²) in [6, 6.07) is 0.728. The normalized spacial score (nSPS) is 25.3. The predicted octanol–water partition coefficient (Wildman–Crippen LogP) is 13.0. The van der Waals surface area contributed by atoms with Crippen LogP contribution in [-0.4, -0.2) is 42.0 Å². The van der Waals surface area contributed by atoms with Gasteiger partial charge in [-0.3, -0.25) is 0 Å². The second kappa shape index (κ2) is 24.1. The minimum atomic E-state index is -0.919. The van der Waals surface area contributed by atoms with Gasteiger partial charge in [-0.05, 0) is 115 Å². The highest BCUT2D eigenvalue weighted by Crippen LogP contribution is 2.74. The van der Waals surface area contributed by atoms with Gasteiger partial charge in [0.1, 0.15) is 0 Å². The Labute approximate surface area is 299 Å². The minimum Gasteiger partial charge on any atom is -0.365 e. The van der Waals surface area contributed by atoms with E-state index < -0.39 is 5.79 Å². The first-order chi connectivity index (χ1) is 23.5. The van der Waals surface area contributed by atoms with E-state index in [1.54, 1.807) is 0 Å². The molecule has 0 saturated heterocycles. The third kappa shape index (κ3) is 15.0. The lowest BCUT2D eigenvalue weighted by molar-refractivity contribution is -0.251. The van der Waals surface area contributed by atoms with Gasteiger partial charge in [-0.1, -0.05) is 140 Å². The molecule has 0 aromatic carbocycles. The SMILES string of the molecule is CCCC/C=C\C/C=C\CCCCCCCCC(O)(CCCCCCCC/C=C\C/C=C\CCCC)O[C@H]1C2C[C@@H](N(C)C)C3(C2)C[C@@H]13. The summed E-state index contributed by atoms with van der Waals surface area (Å²) in [6.07, 6.45) is 51.9. The molecule has 3 nitrogen and oxygen atoms in total. The topological polar surface area (TPSA) is 32.7 Å². The third-order valence-electron chi connectivity index (χ3n) is 11.9. The molecule has 3 fully saturated rings. The zero-order valence-electron chi connectivity index (χ0n) is 32.3. The Kier molecular flexibility index (Phi) is 20.7. The molecular formula is C45H79NO2. The van der Waals surface area contributed by atoms with Gasteiger partial charge in [0.05, 0.1) is 6.10 Å². The standard InChI is InChI=1S/C45H79NO2/c1-5-7-9-11-13-15-17-19-21-23-25-27-29-31-33-35-45(47,48-43-40-37-42(46(3)4)44(38-40)39-41(43)44)36-34-32-30-28-26-24-22-20-18-16-14-12-10-8-6-2/h11-14,17-20,40-43,47H,5-10,15-16,21-39H2,1-4H3/b13-11-,14-12-,19-17-,20-18-/t40?,41-,42+,43-,44?/m0/s1. The molecule has 0 amide bonds. The molecule has 5 atom stereocenters. The summed E-state index contributed by atoms with van der Waals surface area (Å²) in [5.74, 6) is 0.422. The second-order valence-corrected chi connectivity index (χ2v) is 16.2. The molecule has 3 rings (SSSR count). The fourth-order valence-electron chi connectivity index (χ4n) is 9.02. The van der Waals surface area contributed by atoms with Crippen LogP contribution in [0.2, 0.25) is 0 Å². The van der Waals surface area contributed by atoms with Crippen LogP contribution < -0.4 is 0 Å². The molecule has 0 heterocycles. The predicted molar refractivity (Wildman–Crippen MR) is 209 cm³/mol. The van der Waals surface area contributed by atoms with Crippen LogP contribution in [0, 0.1) is 17.3 Å². The maximum Gasteiger partial charge on any atom is 0.165 e. The number of hydrogen-bond acceptors (Lipinski definition) is 3. The van der Waals surface area contributed by atoms with E-state index in [4.69, 9.17) is 4.74 Å². The van der Waals surface area contributed by atoms with Gasteiger partial charge in [-0.15, -0.1) is 0 Å². The summed E-state index contributed by atoms with van der Waals surface area (Å²) in [4.78, 5) is 2.47. The van der Waals surface area contributed by atoms with Crippen molar-refractivity contribution in [3.63, 3.8) is 0 Å². The summed E-state index contributed by atoms with van der Waals surface area (Å²) in [6.45, 7) is 4.51. The van der Waals surface area contributed by atoms with E-state index in [0.717, 1.165) is 44.6 Å². The molecule has 1 spiro atoms. The first kappa shape index (κ1) is 41.3. The van der Waals surface area contributed by atoms with E-state index >= 15 is 0 Å². The van der Waals surface area contributed by atoms with Crippen molar-refractivity contribution in [1.29, 1.82) is 0 Å². The van der Waals surface area contributed by atoms with Crippen molar-refractivity contribution in [2.45, 2.75) is 205 Å². The maximum atomic E-state index is 12.0. The van der Waals surface area contributed by atoms with Crippen LogP contribution in [0.25, 0.3) is 0 Å². The van der Waals surface area contributed by atoms with Crippen molar-refractivity contribution in [2.75, 3.05) is 14.1 Å². The highest BCUT2D eigenvalue weighted by atomic mass is 16.6. The summed E-state index contributed by atoms with van der Waals surface area (Å²) in [5.41, 5.74) is 0.501. The van der Waals surface area contributed by atoms with E-state index in [1.807, 2.05) is 0 Å². The van der Waals surface area contributed by atoms with Crippen LogP contribution in [0.1, 0.15) is 187 Å². The fourth-order valence-corrected chi connectivity index (χ4v) is 9.02. The van der Waals surface area contributed by atoms with E-state index in [9.17, 15) is 5.11 Å². The Hall–Kier alpha value is -1.16. The van der Waals surface area contributed by atoms with Crippen molar-refractivity contribution in [2.24, 2.45) is 17.3 Å². The summed E-state index contributed by atoms with van der Waals surface area (Å²) >= 11 is 0. The lowest BCUT2D eigenvalue weighted by atomic mass is 9.91. The second-order valence-electron chi connectivity index (χ2n) is 16.2. The van der Waals surface area contributed by atoms with Gasteiger partial charge < -0.3 is 14.7 Å². The molecule has 0 aromatic heterocycles. The molecular weight excluding hydrogens is 587 g/mol. The van der Waals surface area contributed by atoms with Crippen molar-refractivity contribution in [1.82, 2.24) is 4.90 Å². The van der Waals surface area contributed by atoms with Crippen molar-refractivity contribution < 1.29 is 9.84 Å². The largest absolute Gasteiger partial charge is 0.365 e. The summed E-state index contributed by atoms with van der Waals surface area (Å²) in [7, 11) is 4.52. The quantitative estimate of drug-likeness (QED) is 0.0454. The highest BCUT2D eigenvalue weighted by molar-refractivity contribution is 5.24. The fraction of sp³-hybridized carbons (Fsp3) is 0.822. The lowest BCUT2D eigenvalue weighted by Crippen LogP contribution is -2.43. The van der Waals surface area contributed by atoms with Crippen LogP contribution in [-0.2, 0) is 4.74 Å². The molecule has 276 valence electrons. The van der Waals surface area contributed by atoms with Crippen LogP contribution in [0.3, 0.4) is 0 Å². The van der Waals surface area contributed by atoms with Gasteiger partial charge in [0.2, 0.25) is 0 Å². The number of unbranched alkanes of at least 4 members (excludes halogenated alkanes) is 16. The first-order valence-electron chi connectivity index (χ1n) is 21.1. The molecule has 3 heteroatoms. The molecule has 48 heavy (non-hydrogen) atoms. The minimum absolute atomic E-state index is 0.297. The zero-order valence-corrected chi connectivity index (χ0v) is 32.3. The Bertz CT molecular complexity index is 885. The van der Waals surface area contributed by atoms with Gasteiger partial charge in [-0.25, -0.2) is 0 Å². The first-order valence-corrected chi connectivity index (χ1v) is 21.1. The smallest absolute Gasteiger partial charge is 0.165 e. The summed E-state index contributed by atoms with van der Waals surface area (Å²) < 4.78 is 6.86. The van der Waals surface area contributed by atoms with Crippen LogP contribution >= 0.6 is 0 Å². The van der Waals surface area contributed by atoms with E-state index in [0.29, 0.717) is 23.4 Å². The Morgan fingerprint density at radius 3 is 1.48 bits per heavy atom. The monoisotopic (exact) mass is 666 g/mol. The lowest BCUT2D eigenvalue weighted by Gasteiger charge is -2.37. The van der Waals surface area contributed by atoms with E-state index in [1.165, 1.54) is 135 Å². The van der Waals surface area contributed by atoms with Crippen LogP contribution in [0.15, 0.2) is 48.6 Å². The number of fused-ring (bicyclic) bond motifs is 1. The van der Waals surface area contributed by atoms with Crippen molar-refractivity contribution in [3.05, 3.63) is 48.6 Å². The number of ether oxygens (including phenoxy) is 1. The number of nitrogens with zero attached hydrogens (tertiary/aromatic N) is 1. The highest BCUT2D eigenvalue weighted by Gasteiger charge is 2.74. The Balaban J connectivity index is 1.29. The molecule has 3 aliphatic rings. The average Bonchev–Trinajstić information content (AvgIpc) is 3.58. The van der Waals surface area contributed by atoms with Crippen LogP contribution in [0.4, 0.5) is 0 Å². The molecule has 3 saturated carbocycles. The van der Waals surface area contributed by atoms with Crippen LogP contribution in [0.5, 0.6) is 0 Å². The number of allylic oxidation sites excluding steroid dienone is 8. The maximum absolute atomic E-state index is 12.0. The molecule has 2 bridgehead atoms. The number of aliphatic hydroxyl groups is 1. The molecule has 2 unspecified atom stereocenters. The van der Waals surface area contributed by atoms with Crippen molar-refractivity contribution >= 4 is 0 Å². The zero-order chi connectivity index (χ0) is 34.3. The van der Waals surface area contributed by atoms with Crippen molar-refractivity contribution in [3.8, 4) is 0 Å². The Morgan fingerprint density at radius 2 is 1.04 bits per heavy atom. The van der Waals surface area contributed by atoms with E-state index in [2.05, 4.69) is 81.5 Å². The summed E-state index contributed by atoms with van der Waals surface area (Å²) in [5, 5.41) is 12.0. The average molecular weight is 666 g/mol. The molecule has 0 radical (unpaired) electrons. The number of hydrogen-bond donors (Lipinski definition) is 1. The van der Waals surface area contributed by atoms with Gasteiger partial charge >= 0.3 is 0 Å². The van der Waals surface area contributed by atoms with E-state index in [-0.39, 0.29) is 0 Å². The van der Waals surface area contributed by atoms with Gasteiger partial charge in [0, 0.05) is 18.9 Å². The van der Waals surface area contributed by atoms with Gasteiger partial charge in [-0.2, -0.15) is 0 Å².